The van der Waals surface area contributed by atoms with Crippen molar-refractivity contribution in [2.45, 2.75) is 44.3 Å². The van der Waals surface area contributed by atoms with Crippen molar-refractivity contribution in [1.29, 1.82) is 0 Å². The van der Waals surface area contributed by atoms with E-state index in [1.54, 1.807) is 0 Å². The number of likely N-dealkylation sites (tertiary alicyclic amines) is 1. The Hall–Kier alpha value is -1.59. The number of aliphatic hydroxyl groups is 1. The normalized spacial score (nSPS) is 23.7. The Labute approximate surface area is 137 Å². The molecular weight excluding hydrogens is 294 g/mol. The van der Waals surface area contributed by atoms with E-state index >= 15 is 0 Å². The lowest BCUT2D eigenvalue weighted by Crippen LogP contribution is -2.51. The fourth-order valence-corrected chi connectivity index (χ4v) is 3.51. The van der Waals surface area contributed by atoms with Gasteiger partial charge in [-0.1, -0.05) is 0 Å². The number of carbonyl (C=O) groups is 1. The highest BCUT2D eigenvalue weighted by Gasteiger charge is 2.40. The van der Waals surface area contributed by atoms with Crippen LogP contribution in [0.1, 0.15) is 43.0 Å². The molecule has 1 atom stereocenters. The molecule has 0 radical (unpaired) electrons. The maximum Gasteiger partial charge on any atom is 0.253 e. The lowest BCUT2D eigenvalue weighted by Gasteiger charge is -2.45. The summed E-state index contributed by atoms with van der Waals surface area (Å²) in [6, 6.07) is 7.31. The molecule has 1 spiro atoms. The quantitative estimate of drug-likeness (QED) is 0.928. The van der Waals surface area contributed by atoms with Crippen LogP contribution < -0.4 is 4.74 Å². The van der Waals surface area contributed by atoms with E-state index in [9.17, 15) is 9.90 Å². The van der Waals surface area contributed by atoms with Gasteiger partial charge < -0.3 is 19.5 Å². The summed E-state index contributed by atoms with van der Waals surface area (Å²) in [5, 5.41) is 9.88. The molecule has 1 amide bonds. The first kappa shape index (κ1) is 16.3. The maximum atomic E-state index is 12.6. The highest BCUT2D eigenvalue weighted by Crippen LogP contribution is 2.35. The van der Waals surface area contributed by atoms with Gasteiger partial charge in [0, 0.05) is 31.7 Å². The molecule has 1 aromatic rings. The molecule has 0 aromatic heterocycles. The third-order valence-electron chi connectivity index (χ3n) is 4.84. The van der Waals surface area contributed by atoms with Crippen LogP contribution in [0.3, 0.4) is 0 Å². The molecule has 2 aliphatic rings. The van der Waals surface area contributed by atoms with E-state index in [0.29, 0.717) is 38.3 Å². The molecule has 0 aliphatic carbocycles. The molecule has 1 unspecified atom stereocenters. The Balaban J connectivity index is 1.59. The van der Waals surface area contributed by atoms with Gasteiger partial charge in [0.15, 0.2) is 0 Å². The second kappa shape index (κ2) is 6.89. The second-order valence-corrected chi connectivity index (χ2v) is 6.43. The van der Waals surface area contributed by atoms with Gasteiger partial charge in [-0.2, -0.15) is 0 Å². The highest BCUT2D eigenvalue weighted by atomic mass is 16.5. The van der Waals surface area contributed by atoms with Crippen LogP contribution in [-0.4, -0.2) is 53.9 Å². The first-order chi connectivity index (χ1) is 11.1. The predicted octanol–water partition coefficient (Wildman–Crippen LogP) is 2.23. The van der Waals surface area contributed by atoms with Crippen LogP contribution in [0.5, 0.6) is 5.75 Å². The van der Waals surface area contributed by atoms with E-state index in [-0.39, 0.29) is 17.6 Å². The first-order valence-electron chi connectivity index (χ1n) is 8.46. The van der Waals surface area contributed by atoms with Crippen LogP contribution in [0, 0.1) is 0 Å². The second-order valence-electron chi connectivity index (χ2n) is 6.43. The van der Waals surface area contributed by atoms with Gasteiger partial charge in [-0.3, -0.25) is 4.79 Å². The van der Waals surface area contributed by atoms with Crippen LogP contribution in [0.2, 0.25) is 0 Å². The van der Waals surface area contributed by atoms with Crippen LogP contribution in [0.4, 0.5) is 0 Å². The summed E-state index contributed by atoms with van der Waals surface area (Å²) in [4.78, 5) is 14.5. The molecular formula is C18H25NO4. The van der Waals surface area contributed by atoms with Gasteiger partial charge in [0.1, 0.15) is 5.75 Å². The fraction of sp³-hybridized carbons (Fsp3) is 0.611. The van der Waals surface area contributed by atoms with Crippen molar-refractivity contribution in [1.82, 2.24) is 4.90 Å². The van der Waals surface area contributed by atoms with Gasteiger partial charge in [-0.15, -0.1) is 0 Å². The van der Waals surface area contributed by atoms with Crippen LogP contribution in [0.15, 0.2) is 24.3 Å². The zero-order valence-electron chi connectivity index (χ0n) is 13.7. The van der Waals surface area contributed by atoms with Crippen LogP contribution >= 0.6 is 0 Å². The predicted molar refractivity (Wildman–Crippen MR) is 86.7 cm³/mol. The SMILES string of the molecule is CCOc1ccc(C(=O)N2CCC3(CC2)CC(O)CCO3)cc1. The molecule has 2 heterocycles. The van der Waals surface area contributed by atoms with Crippen molar-refractivity contribution in [2.24, 2.45) is 0 Å². The minimum Gasteiger partial charge on any atom is -0.494 e. The lowest BCUT2D eigenvalue weighted by molar-refractivity contribution is -0.139. The third-order valence-corrected chi connectivity index (χ3v) is 4.84. The summed E-state index contributed by atoms with van der Waals surface area (Å²) in [6.45, 7) is 4.53. The Bertz CT molecular complexity index is 534. The number of hydrogen-bond acceptors (Lipinski definition) is 4. The van der Waals surface area contributed by atoms with E-state index in [1.165, 1.54) is 0 Å². The maximum absolute atomic E-state index is 12.6. The van der Waals surface area contributed by atoms with Gasteiger partial charge in [-0.25, -0.2) is 0 Å². The lowest BCUT2D eigenvalue weighted by atomic mass is 9.83. The number of aliphatic hydroxyl groups excluding tert-OH is 1. The van der Waals surface area contributed by atoms with Gasteiger partial charge >= 0.3 is 0 Å². The summed E-state index contributed by atoms with van der Waals surface area (Å²) < 4.78 is 11.3. The summed E-state index contributed by atoms with van der Waals surface area (Å²) in [7, 11) is 0. The molecule has 1 aromatic carbocycles. The van der Waals surface area contributed by atoms with Crippen molar-refractivity contribution in [3.63, 3.8) is 0 Å². The van der Waals surface area contributed by atoms with E-state index < -0.39 is 0 Å². The van der Waals surface area contributed by atoms with Crippen molar-refractivity contribution >= 4 is 5.91 Å². The zero-order chi connectivity index (χ0) is 16.3. The molecule has 2 aliphatic heterocycles. The van der Waals surface area contributed by atoms with E-state index in [4.69, 9.17) is 9.47 Å². The van der Waals surface area contributed by atoms with Crippen molar-refractivity contribution in [3.8, 4) is 5.75 Å². The molecule has 3 rings (SSSR count). The molecule has 1 N–H and O–H groups in total. The Morgan fingerprint density at radius 3 is 2.65 bits per heavy atom. The zero-order valence-corrected chi connectivity index (χ0v) is 13.7. The number of piperidine rings is 1. The number of nitrogens with zero attached hydrogens (tertiary/aromatic N) is 1. The Morgan fingerprint density at radius 1 is 1.35 bits per heavy atom. The molecule has 126 valence electrons. The van der Waals surface area contributed by atoms with Crippen LogP contribution in [0.25, 0.3) is 0 Å². The van der Waals surface area contributed by atoms with Crippen molar-refractivity contribution < 1.29 is 19.4 Å². The summed E-state index contributed by atoms with van der Waals surface area (Å²) in [5.74, 6) is 0.838. The number of benzene rings is 1. The van der Waals surface area contributed by atoms with Gasteiger partial charge in [-0.05, 0) is 50.5 Å². The number of hydrogen-bond donors (Lipinski definition) is 1. The number of amides is 1. The molecule has 5 nitrogen and oxygen atoms in total. The molecule has 0 bridgehead atoms. The smallest absolute Gasteiger partial charge is 0.253 e. The van der Waals surface area contributed by atoms with Crippen molar-refractivity contribution in [2.75, 3.05) is 26.3 Å². The largest absolute Gasteiger partial charge is 0.494 e. The average molecular weight is 319 g/mol. The molecule has 2 saturated heterocycles. The van der Waals surface area contributed by atoms with E-state index in [1.807, 2.05) is 36.1 Å². The van der Waals surface area contributed by atoms with E-state index in [0.717, 1.165) is 25.0 Å². The van der Waals surface area contributed by atoms with Crippen LogP contribution in [-0.2, 0) is 4.74 Å². The van der Waals surface area contributed by atoms with E-state index in [2.05, 4.69) is 0 Å². The van der Waals surface area contributed by atoms with Crippen molar-refractivity contribution in [3.05, 3.63) is 29.8 Å². The standard InChI is InChI=1S/C18H25NO4/c1-2-22-16-5-3-14(4-6-16)17(21)19-10-8-18(9-11-19)13-15(20)7-12-23-18/h3-6,15,20H,2,7-13H2,1H3. The molecule has 0 saturated carbocycles. The fourth-order valence-electron chi connectivity index (χ4n) is 3.51. The molecule has 23 heavy (non-hydrogen) atoms. The van der Waals surface area contributed by atoms with Gasteiger partial charge in [0.25, 0.3) is 5.91 Å². The summed E-state index contributed by atoms with van der Waals surface area (Å²) in [6.07, 6.45) is 2.74. The van der Waals surface area contributed by atoms with Gasteiger partial charge in [0.2, 0.25) is 0 Å². The number of rotatable bonds is 3. The third kappa shape index (κ3) is 3.67. The number of ether oxygens (including phenoxy) is 2. The Kier molecular flexibility index (Phi) is 4.87. The first-order valence-corrected chi connectivity index (χ1v) is 8.46. The minimum absolute atomic E-state index is 0.0549. The molecule has 5 heteroatoms. The summed E-state index contributed by atoms with van der Waals surface area (Å²) >= 11 is 0. The highest BCUT2D eigenvalue weighted by molar-refractivity contribution is 5.94. The molecule has 2 fully saturated rings. The monoisotopic (exact) mass is 319 g/mol. The average Bonchev–Trinajstić information content (AvgIpc) is 2.56. The minimum atomic E-state index is -0.267. The number of carbonyl (C=O) groups excluding carboxylic acids is 1. The topological polar surface area (TPSA) is 59.0 Å². The van der Waals surface area contributed by atoms with Gasteiger partial charge in [0.05, 0.1) is 18.3 Å². The summed E-state index contributed by atoms with van der Waals surface area (Å²) in [5.41, 5.74) is 0.460. The Morgan fingerprint density at radius 2 is 2.04 bits per heavy atom.